The quantitative estimate of drug-likeness (QED) is 0.538. The Labute approximate surface area is 205 Å². The number of methoxy groups -OCH3 is 2. The number of aromatic nitrogens is 2. The summed E-state index contributed by atoms with van der Waals surface area (Å²) in [6, 6.07) is 13.6. The van der Waals surface area contributed by atoms with Crippen molar-refractivity contribution in [2.45, 2.75) is 51.1 Å². The molecule has 8 heteroatoms. The molecule has 0 aliphatic carbocycles. The number of rotatable bonds is 6. The molecule has 0 radical (unpaired) electrons. The first-order valence-electron chi connectivity index (χ1n) is 12.3. The number of nitrogens with zero attached hydrogens (tertiary/aromatic N) is 4. The lowest BCUT2D eigenvalue weighted by atomic mass is 10.0. The van der Waals surface area contributed by atoms with Crippen LogP contribution in [0.3, 0.4) is 0 Å². The Kier molecular flexibility index (Phi) is 6.36. The second kappa shape index (κ2) is 9.60. The van der Waals surface area contributed by atoms with Crippen molar-refractivity contribution in [3.63, 3.8) is 0 Å². The van der Waals surface area contributed by atoms with Gasteiger partial charge in [0, 0.05) is 37.5 Å². The molecule has 0 spiro atoms. The molecule has 2 amide bonds. The van der Waals surface area contributed by atoms with Gasteiger partial charge < -0.3 is 23.8 Å². The van der Waals surface area contributed by atoms with Crippen LogP contribution in [0.1, 0.15) is 44.3 Å². The number of amides is 2. The van der Waals surface area contributed by atoms with Gasteiger partial charge >= 0.3 is 0 Å². The number of anilines is 1. The summed E-state index contributed by atoms with van der Waals surface area (Å²) in [4.78, 5) is 35.2. The Bertz CT molecular complexity index is 1250. The molecule has 8 nitrogen and oxygen atoms in total. The molecule has 1 aromatic heterocycles. The lowest BCUT2D eigenvalue weighted by molar-refractivity contribution is -0.135. The number of carbonyl (C=O) groups excluding carboxylic acids is 2. The summed E-state index contributed by atoms with van der Waals surface area (Å²) >= 11 is 0. The van der Waals surface area contributed by atoms with Crippen molar-refractivity contribution >= 4 is 28.5 Å². The third-order valence-corrected chi connectivity index (χ3v) is 7.27. The molecule has 0 bridgehead atoms. The topological polar surface area (TPSA) is 76.9 Å². The van der Waals surface area contributed by atoms with Crippen molar-refractivity contribution in [1.82, 2.24) is 14.5 Å². The SMILES string of the molecule is COc1ccc(OC)c(N2CC(c3nc4ccccc4n3CC(=O)N3CCCCC3C)CC2=O)c1. The number of carbonyl (C=O) groups is 2. The van der Waals surface area contributed by atoms with Gasteiger partial charge in [0.15, 0.2) is 0 Å². The Hall–Kier alpha value is -3.55. The van der Waals surface area contributed by atoms with E-state index in [1.165, 1.54) is 0 Å². The Morgan fingerprint density at radius 1 is 1.11 bits per heavy atom. The first-order valence-corrected chi connectivity index (χ1v) is 12.3. The number of fused-ring (bicyclic) bond motifs is 1. The first kappa shape index (κ1) is 23.2. The van der Waals surface area contributed by atoms with Gasteiger partial charge in [0.25, 0.3) is 0 Å². The number of likely N-dealkylation sites (tertiary alicyclic amines) is 1. The molecule has 2 atom stereocenters. The molecule has 2 aromatic carbocycles. The highest BCUT2D eigenvalue weighted by Gasteiger charge is 2.37. The molecule has 3 heterocycles. The number of hydrogen-bond donors (Lipinski definition) is 0. The zero-order chi connectivity index (χ0) is 24.5. The molecule has 2 fully saturated rings. The number of para-hydroxylation sites is 2. The third kappa shape index (κ3) is 4.33. The largest absolute Gasteiger partial charge is 0.497 e. The van der Waals surface area contributed by atoms with Crippen LogP contribution >= 0.6 is 0 Å². The molecule has 184 valence electrons. The molecule has 35 heavy (non-hydrogen) atoms. The second-order valence-electron chi connectivity index (χ2n) is 9.42. The number of imidazole rings is 1. The van der Waals surface area contributed by atoms with E-state index in [9.17, 15) is 9.59 Å². The monoisotopic (exact) mass is 476 g/mol. The molecule has 0 N–H and O–H groups in total. The van der Waals surface area contributed by atoms with Crippen molar-refractivity contribution in [3.05, 3.63) is 48.3 Å². The number of benzene rings is 2. The number of hydrogen-bond acceptors (Lipinski definition) is 5. The summed E-state index contributed by atoms with van der Waals surface area (Å²) in [5, 5.41) is 0. The van der Waals surface area contributed by atoms with Crippen LogP contribution in [0.4, 0.5) is 5.69 Å². The summed E-state index contributed by atoms with van der Waals surface area (Å²) in [5.74, 6) is 2.01. The maximum Gasteiger partial charge on any atom is 0.242 e. The van der Waals surface area contributed by atoms with Crippen LogP contribution in [0.5, 0.6) is 11.5 Å². The van der Waals surface area contributed by atoms with E-state index >= 15 is 0 Å². The minimum Gasteiger partial charge on any atom is -0.497 e. The van der Waals surface area contributed by atoms with Crippen LogP contribution < -0.4 is 14.4 Å². The Morgan fingerprint density at radius 3 is 2.71 bits per heavy atom. The van der Waals surface area contributed by atoms with Crippen molar-refractivity contribution in [2.24, 2.45) is 0 Å². The molecule has 2 unspecified atom stereocenters. The van der Waals surface area contributed by atoms with Gasteiger partial charge in [-0.25, -0.2) is 4.98 Å². The van der Waals surface area contributed by atoms with Gasteiger partial charge in [-0.2, -0.15) is 0 Å². The van der Waals surface area contributed by atoms with E-state index in [2.05, 4.69) is 6.92 Å². The lowest BCUT2D eigenvalue weighted by Crippen LogP contribution is -2.43. The average molecular weight is 477 g/mol. The summed E-state index contributed by atoms with van der Waals surface area (Å²) in [6.07, 6.45) is 3.57. The van der Waals surface area contributed by atoms with Crippen LogP contribution in [0, 0.1) is 0 Å². The first-order chi connectivity index (χ1) is 17.0. The van der Waals surface area contributed by atoms with Crippen LogP contribution in [0.2, 0.25) is 0 Å². The van der Waals surface area contributed by atoms with Crippen LogP contribution in [-0.2, 0) is 16.1 Å². The van der Waals surface area contributed by atoms with Gasteiger partial charge in [-0.05, 0) is 50.5 Å². The van der Waals surface area contributed by atoms with Crippen molar-refractivity contribution < 1.29 is 19.1 Å². The van der Waals surface area contributed by atoms with Crippen molar-refractivity contribution in [2.75, 3.05) is 32.2 Å². The van der Waals surface area contributed by atoms with E-state index in [0.29, 0.717) is 30.2 Å². The minimum atomic E-state index is -0.141. The molecule has 5 rings (SSSR count). The zero-order valence-corrected chi connectivity index (χ0v) is 20.6. The van der Waals surface area contributed by atoms with E-state index < -0.39 is 0 Å². The summed E-state index contributed by atoms with van der Waals surface area (Å²) in [7, 11) is 3.19. The van der Waals surface area contributed by atoms with Gasteiger partial charge in [0.2, 0.25) is 11.8 Å². The summed E-state index contributed by atoms with van der Waals surface area (Å²) in [6.45, 7) is 3.61. The highest BCUT2D eigenvalue weighted by Crippen LogP contribution is 2.39. The van der Waals surface area contributed by atoms with Gasteiger partial charge in [0.1, 0.15) is 23.9 Å². The predicted molar refractivity (Wildman–Crippen MR) is 134 cm³/mol. The van der Waals surface area contributed by atoms with Crippen molar-refractivity contribution in [3.8, 4) is 11.5 Å². The maximum absolute atomic E-state index is 13.4. The Morgan fingerprint density at radius 2 is 1.94 bits per heavy atom. The Balaban J connectivity index is 1.48. The molecule has 2 aliphatic rings. The molecule has 3 aromatic rings. The normalized spacial score (nSPS) is 20.5. The van der Waals surface area contributed by atoms with E-state index in [1.807, 2.05) is 51.9 Å². The average Bonchev–Trinajstić information content (AvgIpc) is 3.44. The lowest BCUT2D eigenvalue weighted by Gasteiger charge is -2.33. The summed E-state index contributed by atoms with van der Waals surface area (Å²) in [5.41, 5.74) is 2.44. The van der Waals surface area contributed by atoms with Crippen molar-refractivity contribution in [1.29, 1.82) is 0 Å². The second-order valence-corrected chi connectivity index (χ2v) is 9.42. The van der Waals surface area contributed by atoms with Crippen LogP contribution in [0.25, 0.3) is 11.0 Å². The third-order valence-electron chi connectivity index (χ3n) is 7.27. The fourth-order valence-electron chi connectivity index (χ4n) is 5.39. The summed E-state index contributed by atoms with van der Waals surface area (Å²) < 4.78 is 12.9. The van der Waals surface area contributed by atoms with E-state index in [0.717, 1.165) is 42.7 Å². The van der Waals surface area contributed by atoms with Gasteiger partial charge in [0.05, 0.1) is 30.9 Å². The molecule has 0 saturated carbocycles. The number of piperidine rings is 1. The molecule has 2 saturated heterocycles. The molecular weight excluding hydrogens is 444 g/mol. The zero-order valence-electron chi connectivity index (χ0n) is 20.6. The van der Waals surface area contributed by atoms with Gasteiger partial charge in [-0.3, -0.25) is 9.59 Å². The van der Waals surface area contributed by atoms with Gasteiger partial charge in [-0.15, -0.1) is 0 Å². The van der Waals surface area contributed by atoms with Gasteiger partial charge in [-0.1, -0.05) is 12.1 Å². The predicted octanol–water partition coefficient (Wildman–Crippen LogP) is 3.98. The molecular formula is C27H32N4O4. The van der Waals surface area contributed by atoms with E-state index in [-0.39, 0.29) is 30.3 Å². The fraction of sp³-hybridized carbons (Fsp3) is 0.444. The van der Waals surface area contributed by atoms with E-state index in [1.54, 1.807) is 19.1 Å². The van der Waals surface area contributed by atoms with E-state index in [4.69, 9.17) is 14.5 Å². The van der Waals surface area contributed by atoms with Crippen LogP contribution in [0.15, 0.2) is 42.5 Å². The molecule has 2 aliphatic heterocycles. The standard InChI is InChI=1S/C27H32N4O4/c1-18-8-6-7-13-29(18)26(33)17-31-22-10-5-4-9-21(22)28-27(31)19-14-25(32)30(16-19)23-15-20(34-2)11-12-24(23)35-3/h4-5,9-12,15,18-19H,6-8,13-14,16-17H2,1-3H3. The van der Waals surface area contributed by atoms with Crippen LogP contribution in [-0.4, -0.2) is 59.6 Å². The highest BCUT2D eigenvalue weighted by atomic mass is 16.5. The smallest absolute Gasteiger partial charge is 0.242 e. The minimum absolute atomic E-state index is 0.00358. The fourth-order valence-corrected chi connectivity index (χ4v) is 5.39. The highest BCUT2D eigenvalue weighted by molar-refractivity contribution is 5.98. The number of ether oxygens (including phenoxy) is 2. The maximum atomic E-state index is 13.4.